The van der Waals surface area contributed by atoms with Gasteiger partial charge in [-0.1, -0.05) is 30.3 Å². The number of benzene rings is 1. The Balaban J connectivity index is 1.96. The number of H-pyrrole nitrogens is 2. The van der Waals surface area contributed by atoms with Gasteiger partial charge >= 0.3 is 5.69 Å². The van der Waals surface area contributed by atoms with Crippen molar-refractivity contribution in [1.29, 1.82) is 0 Å². The molecule has 0 spiro atoms. The molecule has 1 aromatic carbocycles. The zero-order valence-corrected chi connectivity index (χ0v) is 12.6. The number of carbonyl (C=O) groups excluding carboxylic acids is 1. The van der Waals surface area contributed by atoms with Gasteiger partial charge in [0.05, 0.1) is 6.04 Å². The van der Waals surface area contributed by atoms with E-state index in [1.54, 1.807) is 6.92 Å². The molecule has 0 aliphatic carbocycles. The van der Waals surface area contributed by atoms with E-state index in [4.69, 9.17) is 0 Å². The van der Waals surface area contributed by atoms with Gasteiger partial charge in [0.25, 0.3) is 5.56 Å². The van der Waals surface area contributed by atoms with Crippen LogP contribution in [0.1, 0.15) is 36.2 Å². The minimum Gasteiger partial charge on any atom is -0.350 e. The topological polar surface area (TPSA) is 94.8 Å². The number of hydrogen-bond acceptors (Lipinski definition) is 3. The van der Waals surface area contributed by atoms with E-state index < -0.39 is 11.2 Å². The van der Waals surface area contributed by atoms with Crippen molar-refractivity contribution < 1.29 is 4.79 Å². The second kappa shape index (κ2) is 6.89. The molecule has 1 aromatic heterocycles. The van der Waals surface area contributed by atoms with Crippen molar-refractivity contribution in [2.75, 3.05) is 0 Å². The van der Waals surface area contributed by atoms with Crippen molar-refractivity contribution in [3.05, 3.63) is 68.0 Å². The van der Waals surface area contributed by atoms with Crippen molar-refractivity contribution in [3.8, 4) is 0 Å². The van der Waals surface area contributed by atoms with Crippen LogP contribution in [0.3, 0.4) is 0 Å². The summed E-state index contributed by atoms with van der Waals surface area (Å²) in [4.78, 5) is 39.5. The van der Waals surface area contributed by atoms with Crippen molar-refractivity contribution in [2.24, 2.45) is 0 Å². The molecule has 0 aliphatic rings. The summed E-state index contributed by atoms with van der Waals surface area (Å²) in [5.41, 5.74) is 0.979. The summed E-state index contributed by atoms with van der Waals surface area (Å²) < 4.78 is 0. The van der Waals surface area contributed by atoms with Gasteiger partial charge in [-0.15, -0.1) is 0 Å². The van der Waals surface area contributed by atoms with Gasteiger partial charge in [0.15, 0.2) is 0 Å². The number of aromatic nitrogens is 2. The van der Waals surface area contributed by atoms with Crippen LogP contribution < -0.4 is 16.6 Å². The highest BCUT2D eigenvalue weighted by molar-refractivity contribution is 5.76. The monoisotopic (exact) mass is 301 g/mol. The molecular formula is C16H19N3O3. The van der Waals surface area contributed by atoms with E-state index in [0.717, 1.165) is 5.56 Å². The molecule has 0 fully saturated rings. The fraction of sp³-hybridized carbons (Fsp3) is 0.312. The third-order valence-electron chi connectivity index (χ3n) is 3.53. The van der Waals surface area contributed by atoms with Gasteiger partial charge in [0, 0.05) is 17.7 Å². The fourth-order valence-electron chi connectivity index (χ4n) is 2.30. The molecule has 2 aromatic rings. The number of amides is 1. The summed E-state index contributed by atoms with van der Waals surface area (Å²) in [5.74, 6) is -0.138. The first kappa shape index (κ1) is 15.8. The van der Waals surface area contributed by atoms with E-state index in [1.165, 1.54) is 0 Å². The predicted molar refractivity (Wildman–Crippen MR) is 83.7 cm³/mol. The SMILES string of the molecule is Cc1[nH]c(=O)[nH]c(=O)c1CCC(=O)NC(C)c1ccccc1. The van der Waals surface area contributed by atoms with Crippen LogP contribution in [-0.2, 0) is 11.2 Å². The maximum atomic E-state index is 12.0. The minimum atomic E-state index is -0.534. The molecule has 1 heterocycles. The Bertz CT molecular complexity index is 762. The smallest absolute Gasteiger partial charge is 0.325 e. The summed E-state index contributed by atoms with van der Waals surface area (Å²) >= 11 is 0. The Morgan fingerprint density at radius 3 is 2.50 bits per heavy atom. The van der Waals surface area contributed by atoms with Crippen molar-refractivity contribution in [2.45, 2.75) is 32.7 Å². The maximum Gasteiger partial charge on any atom is 0.325 e. The number of nitrogens with one attached hydrogen (secondary N) is 3. The van der Waals surface area contributed by atoms with Gasteiger partial charge < -0.3 is 10.3 Å². The summed E-state index contributed by atoms with van der Waals surface area (Å²) in [6.07, 6.45) is 0.471. The first-order valence-electron chi connectivity index (χ1n) is 7.13. The number of carbonyl (C=O) groups is 1. The van der Waals surface area contributed by atoms with E-state index in [-0.39, 0.29) is 24.8 Å². The molecule has 0 bridgehead atoms. The maximum absolute atomic E-state index is 12.0. The lowest BCUT2D eigenvalue weighted by molar-refractivity contribution is -0.121. The van der Waals surface area contributed by atoms with Gasteiger partial charge in [0.2, 0.25) is 5.91 Å². The van der Waals surface area contributed by atoms with Gasteiger partial charge in [-0.25, -0.2) is 4.79 Å². The van der Waals surface area contributed by atoms with Crippen LogP contribution in [0, 0.1) is 6.92 Å². The molecule has 2 rings (SSSR count). The lowest BCUT2D eigenvalue weighted by atomic mass is 10.1. The number of hydrogen-bond donors (Lipinski definition) is 3. The molecule has 1 unspecified atom stereocenters. The van der Waals surface area contributed by atoms with Crippen LogP contribution in [0.4, 0.5) is 0 Å². The van der Waals surface area contributed by atoms with Gasteiger partial charge in [0.1, 0.15) is 0 Å². The van der Waals surface area contributed by atoms with Crippen LogP contribution in [0.2, 0.25) is 0 Å². The lowest BCUT2D eigenvalue weighted by Gasteiger charge is -2.14. The standard InChI is InChI=1S/C16H19N3O3/c1-10(12-6-4-3-5-7-12)17-14(20)9-8-13-11(2)18-16(22)19-15(13)21/h3-7,10H,8-9H2,1-2H3,(H,17,20)(H2,18,19,21,22). The average molecular weight is 301 g/mol. The number of rotatable bonds is 5. The molecule has 1 atom stereocenters. The molecule has 0 saturated carbocycles. The third-order valence-corrected chi connectivity index (χ3v) is 3.53. The number of aromatic amines is 2. The molecule has 0 aliphatic heterocycles. The normalized spacial score (nSPS) is 11.9. The molecule has 0 saturated heterocycles. The largest absolute Gasteiger partial charge is 0.350 e. The highest BCUT2D eigenvalue weighted by Gasteiger charge is 2.12. The first-order chi connectivity index (χ1) is 10.5. The highest BCUT2D eigenvalue weighted by Crippen LogP contribution is 2.11. The molecule has 116 valence electrons. The molecule has 22 heavy (non-hydrogen) atoms. The minimum absolute atomic E-state index is 0.0938. The van der Waals surface area contributed by atoms with E-state index in [0.29, 0.717) is 11.3 Å². The Hall–Kier alpha value is -2.63. The van der Waals surface area contributed by atoms with E-state index in [9.17, 15) is 14.4 Å². The average Bonchev–Trinajstić information content (AvgIpc) is 2.47. The van der Waals surface area contributed by atoms with Gasteiger partial charge in [-0.05, 0) is 25.8 Å². The molecule has 6 nitrogen and oxygen atoms in total. The fourth-order valence-corrected chi connectivity index (χ4v) is 2.30. The Labute approximate surface area is 127 Å². The van der Waals surface area contributed by atoms with E-state index in [1.807, 2.05) is 37.3 Å². The van der Waals surface area contributed by atoms with Crippen LogP contribution in [-0.4, -0.2) is 15.9 Å². The summed E-state index contributed by atoms with van der Waals surface area (Å²) in [6, 6.07) is 9.55. The molecule has 0 radical (unpaired) electrons. The van der Waals surface area contributed by atoms with Gasteiger partial charge in [-0.2, -0.15) is 0 Å². The zero-order valence-electron chi connectivity index (χ0n) is 12.6. The zero-order chi connectivity index (χ0) is 16.1. The van der Waals surface area contributed by atoms with Gasteiger partial charge in [-0.3, -0.25) is 14.6 Å². The second-order valence-electron chi connectivity index (χ2n) is 5.21. The summed E-state index contributed by atoms with van der Waals surface area (Å²) in [7, 11) is 0. The van der Waals surface area contributed by atoms with Crippen molar-refractivity contribution in [3.63, 3.8) is 0 Å². The Kier molecular flexibility index (Phi) is 4.93. The Morgan fingerprint density at radius 1 is 1.18 bits per heavy atom. The molecule has 3 N–H and O–H groups in total. The van der Waals surface area contributed by atoms with Crippen LogP contribution in [0.5, 0.6) is 0 Å². The molecular weight excluding hydrogens is 282 g/mol. The number of aryl methyl sites for hydroxylation is 1. The third kappa shape index (κ3) is 3.94. The van der Waals surface area contributed by atoms with Crippen LogP contribution in [0.25, 0.3) is 0 Å². The van der Waals surface area contributed by atoms with Crippen molar-refractivity contribution >= 4 is 5.91 Å². The molecule has 6 heteroatoms. The molecule has 1 amide bonds. The second-order valence-corrected chi connectivity index (χ2v) is 5.21. The van der Waals surface area contributed by atoms with Crippen molar-refractivity contribution in [1.82, 2.24) is 15.3 Å². The predicted octanol–water partition coefficient (Wildman–Crippen LogP) is 1.18. The van der Waals surface area contributed by atoms with E-state index >= 15 is 0 Å². The highest BCUT2D eigenvalue weighted by atomic mass is 16.2. The van der Waals surface area contributed by atoms with Crippen LogP contribution in [0.15, 0.2) is 39.9 Å². The quantitative estimate of drug-likeness (QED) is 0.774. The summed E-state index contributed by atoms with van der Waals surface area (Å²) in [5, 5.41) is 2.89. The summed E-state index contributed by atoms with van der Waals surface area (Å²) in [6.45, 7) is 3.56. The first-order valence-corrected chi connectivity index (χ1v) is 7.13. The lowest BCUT2D eigenvalue weighted by Crippen LogP contribution is -2.30. The van der Waals surface area contributed by atoms with E-state index in [2.05, 4.69) is 15.3 Å². The Morgan fingerprint density at radius 2 is 1.86 bits per heavy atom. The van der Waals surface area contributed by atoms with Crippen LogP contribution >= 0.6 is 0 Å².